The lowest BCUT2D eigenvalue weighted by atomic mass is 10.1. The number of ether oxygens (including phenoxy) is 1. The molecule has 132 valence electrons. The first-order chi connectivity index (χ1) is 12.0. The molecule has 6 heteroatoms. The van der Waals surface area contributed by atoms with Gasteiger partial charge in [0.2, 0.25) is 5.91 Å². The minimum atomic E-state index is -0.186. The van der Waals surface area contributed by atoms with E-state index in [1.54, 1.807) is 7.11 Å². The molecule has 1 fully saturated rings. The van der Waals surface area contributed by atoms with Gasteiger partial charge in [-0.25, -0.2) is 0 Å². The second-order valence-corrected chi connectivity index (χ2v) is 7.38. The van der Waals surface area contributed by atoms with Gasteiger partial charge in [-0.15, -0.1) is 11.3 Å². The number of benzene rings is 1. The highest BCUT2D eigenvalue weighted by atomic mass is 32.1. The summed E-state index contributed by atoms with van der Waals surface area (Å²) in [5.74, 6) is 0.796. The van der Waals surface area contributed by atoms with Gasteiger partial charge in [0.05, 0.1) is 23.0 Å². The van der Waals surface area contributed by atoms with E-state index in [1.165, 1.54) is 11.3 Å². The van der Waals surface area contributed by atoms with Crippen LogP contribution in [0.2, 0.25) is 0 Å². The van der Waals surface area contributed by atoms with Crippen LogP contribution in [0.4, 0.5) is 5.00 Å². The summed E-state index contributed by atoms with van der Waals surface area (Å²) in [6.45, 7) is 3.81. The maximum atomic E-state index is 12.6. The number of hydrogen-bond acceptors (Lipinski definition) is 4. The average Bonchev–Trinajstić information content (AvgIpc) is 3.38. The van der Waals surface area contributed by atoms with Gasteiger partial charge in [-0.1, -0.05) is 18.2 Å². The SMILES string of the molecule is COc1ccccc1[C@H](C)NC(=O)c1sc(NC(=O)C2CC2)cc1C. The fourth-order valence-corrected chi connectivity index (χ4v) is 3.68. The van der Waals surface area contributed by atoms with Gasteiger partial charge in [-0.3, -0.25) is 9.59 Å². The molecule has 5 nitrogen and oxygen atoms in total. The van der Waals surface area contributed by atoms with Gasteiger partial charge in [0.15, 0.2) is 0 Å². The Morgan fingerprint density at radius 1 is 1.28 bits per heavy atom. The Hall–Kier alpha value is -2.34. The molecule has 0 aliphatic heterocycles. The van der Waals surface area contributed by atoms with E-state index in [1.807, 2.05) is 44.2 Å². The number of carbonyl (C=O) groups is 2. The highest BCUT2D eigenvalue weighted by molar-refractivity contribution is 7.18. The molecule has 1 atom stereocenters. The first-order valence-electron chi connectivity index (χ1n) is 8.34. The minimum absolute atomic E-state index is 0.0515. The largest absolute Gasteiger partial charge is 0.496 e. The Labute approximate surface area is 151 Å². The van der Waals surface area contributed by atoms with Crippen molar-refractivity contribution in [2.75, 3.05) is 12.4 Å². The third kappa shape index (κ3) is 4.02. The molecule has 0 radical (unpaired) electrons. The minimum Gasteiger partial charge on any atom is -0.496 e. The van der Waals surface area contributed by atoms with Crippen molar-refractivity contribution in [1.82, 2.24) is 5.32 Å². The van der Waals surface area contributed by atoms with Crippen LogP contribution in [0, 0.1) is 12.8 Å². The van der Waals surface area contributed by atoms with E-state index in [9.17, 15) is 9.59 Å². The third-order valence-electron chi connectivity index (χ3n) is 4.27. The molecule has 2 N–H and O–H groups in total. The third-order valence-corrected chi connectivity index (χ3v) is 5.42. The summed E-state index contributed by atoms with van der Waals surface area (Å²) in [6, 6.07) is 9.30. The van der Waals surface area contributed by atoms with Crippen molar-refractivity contribution in [2.45, 2.75) is 32.7 Å². The Morgan fingerprint density at radius 2 is 2.00 bits per heavy atom. The molecule has 3 rings (SSSR count). The number of thiophene rings is 1. The molecule has 1 aliphatic rings. The van der Waals surface area contributed by atoms with Crippen LogP contribution in [0.1, 0.15) is 46.6 Å². The lowest BCUT2D eigenvalue weighted by Crippen LogP contribution is -2.26. The van der Waals surface area contributed by atoms with Crippen LogP contribution in [0.15, 0.2) is 30.3 Å². The highest BCUT2D eigenvalue weighted by Crippen LogP contribution is 2.33. The standard InChI is InChI=1S/C19H22N2O3S/c1-11-10-16(21-18(22)13-8-9-13)25-17(11)19(23)20-12(2)14-6-4-5-7-15(14)24-3/h4-7,10,12-13H,8-9H2,1-3H3,(H,20,23)(H,21,22)/t12-/m0/s1. The molecule has 0 unspecified atom stereocenters. The molecule has 2 aromatic rings. The second kappa shape index (κ2) is 7.27. The Bertz CT molecular complexity index is 796. The van der Waals surface area contributed by atoms with Crippen LogP contribution in [-0.4, -0.2) is 18.9 Å². The van der Waals surface area contributed by atoms with Crippen LogP contribution in [-0.2, 0) is 4.79 Å². The van der Waals surface area contributed by atoms with Crippen molar-refractivity contribution >= 4 is 28.2 Å². The lowest BCUT2D eigenvalue weighted by Gasteiger charge is -2.17. The van der Waals surface area contributed by atoms with E-state index in [0.717, 1.165) is 34.7 Å². The fourth-order valence-electron chi connectivity index (χ4n) is 2.70. The molecular weight excluding hydrogens is 336 g/mol. The second-order valence-electron chi connectivity index (χ2n) is 6.32. The summed E-state index contributed by atoms with van der Waals surface area (Å²) in [6.07, 6.45) is 1.92. The van der Waals surface area contributed by atoms with Crippen LogP contribution >= 0.6 is 11.3 Å². The first kappa shape index (κ1) is 17.5. The van der Waals surface area contributed by atoms with E-state index < -0.39 is 0 Å². The summed E-state index contributed by atoms with van der Waals surface area (Å²) < 4.78 is 5.36. The molecular formula is C19H22N2O3S. The Balaban J connectivity index is 1.70. The van der Waals surface area contributed by atoms with Crippen LogP contribution in [0.5, 0.6) is 5.75 Å². The van der Waals surface area contributed by atoms with Crippen LogP contribution in [0.3, 0.4) is 0 Å². The van der Waals surface area contributed by atoms with Crippen LogP contribution < -0.4 is 15.4 Å². The summed E-state index contributed by atoms with van der Waals surface area (Å²) in [5, 5.41) is 6.64. The molecule has 1 saturated carbocycles. The molecule has 25 heavy (non-hydrogen) atoms. The average molecular weight is 358 g/mol. The smallest absolute Gasteiger partial charge is 0.262 e. The van der Waals surface area contributed by atoms with Gasteiger partial charge in [0.1, 0.15) is 5.75 Å². The van der Waals surface area contributed by atoms with Crippen molar-refractivity contribution < 1.29 is 14.3 Å². The number of hydrogen-bond donors (Lipinski definition) is 2. The maximum Gasteiger partial charge on any atom is 0.262 e. The van der Waals surface area contributed by atoms with Gasteiger partial charge in [-0.2, -0.15) is 0 Å². The number of rotatable bonds is 6. The number of methoxy groups -OCH3 is 1. The molecule has 0 spiro atoms. The topological polar surface area (TPSA) is 67.4 Å². The zero-order chi connectivity index (χ0) is 18.0. The molecule has 2 amide bonds. The van der Waals surface area contributed by atoms with Gasteiger partial charge >= 0.3 is 0 Å². The van der Waals surface area contributed by atoms with Gasteiger partial charge in [-0.05, 0) is 44.4 Å². The van der Waals surface area contributed by atoms with E-state index in [2.05, 4.69) is 10.6 Å². The van der Waals surface area contributed by atoms with Crippen molar-refractivity contribution in [1.29, 1.82) is 0 Å². The highest BCUT2D eigenvalue weighted by Gasteiger charge is 2.30. The maximum absolute atomic E-state index is 12.6. The van der Waals surface area contributed by atoms with E-state index in [0.29, 0.717) is 4.88 Å². The van der Waals surface area contributed by atoms with Crippen molar-refractivity contribution in [3.8, 4) is 5.75 Å². The summed E-state index contributed by atoms with van der Waals surface area (Å²) in [7, 11) is 1.62. The monoisotopic (exact) mass is 358 g/mol. The van der Waals surface area contributed by atoms with E-state index >= 15 is 0 Å². The zero-order valence-corrected chi connectivity index (χ0v) is 15.4. The first-order valence-corrected chi connectivity index (χ1v) is 9.16. The van der Waals surface area contributed by atoms with E-state index in [4.69, 9.17) is 4.74 Å². The number of amides is 2. The number of para-hydroxylation sites is 1. The molecule has 0 bridgehead atoms. The van der Waals surface area contributed by atoms with Crippen LogP contribution in [0.25, 0.3) is 0 Å². The molecule has 1 aromatic heterocycles. The van der Waals surface area contributed by atoms with Crippen molar-refractivity contribution in [2.24, 2.45) is 5.92 Å². The predicted octanol–water partition coefficient (Wildman–Crippen LogP) is 3.90. The molecule has 1 heterocycles. The molecule has 1 aromatic carbocycles. The normalized spacial score (nSPS) is 14.7. The molecule has 1 aliphatic carbocycles. The number of anilines is 1. The molecule has 0 saturated heterocycles. The van der Waals surface area contributed by atoms with Gasteiger partial charge < -0.3 is 15.4 Å². The fraction of sp³-hybridized carbons (Fsp3) is 0.368. The lowest BCUT2D eigenvalue weighted by molar-refractivity contribution is -0.117. The summed E-state index contributed by atoms with van der Waals surface area (Å²) in [4.78, 5) is 25.1. The number of aryl methyl sites for hydroxylation is 1. The Kier molecular flexibility index (Phi) is 5.08. The summed E-state index contributed by atoms with van der Waals surface area (Å²) >= 11 is 1.31. The van der Waals surface area contributed by atoms with Crippen molar-refractivity contribution in [3.05, 3.63) is 46.3 Å². The number of nitrogens with one attached hydrogen (secondary N) is 2. The summed E-state index contributed by atoms with van der Waals surface area (Å²) in [5.41, 5.74) is 1.79. The van der Waals surface area contributed by atoms with Gasteiger partial charge in [0.25, 0.3) is 5.91 Å². The Morgan fingerprint density at radius 3 is 2.68 bits per heavy atom. The number of carbonyl (C=O) groups excluding carboxylic acids is 2. The van der Waals surface area contributed by atoms with E-state index in [-0.39, 0.29) is 23.8 Å². The zero-order valence-electron chi connectivity index (χ0n) is 14.6. The predicted molar refractivity (Wildman–Crippen MR) is 99.3 cm³/mol. The quantitative estimate of drug-likeness (QED) is 0.823. The van der Waals surface area contributed by atoms with Crippen molar-refractivity contribution in [3.63, 3.8) is 0 Å². The van der Waals surface area contributed by atoms with Gasteiger partial charge in [0, 0.05) is 11.5 Å².